The van der Waals surface area contributed by atoms with Crippen molar-refractivity contribution in [1.82, 2.24) is 15.2 Å². The van der Waals surface area contributed by atoms with Gasteiger partial charge in [-0.05, 0) is 44.2 Å². The number of hydrogen-bond acceptors (Lipinski definition) is 5. The quantitative estimate of drug-likeness (QED) is 0.437. The summed E-state index contributed by atoms with van der Waals surface area (Å²) in [5.74, 6) is 0.369. The Bertz CT molecular complexity index is 1090. The monoisotopic (exact) mass is 364 g/mol. The molecule has 0 radical (unpaired) electrons. The van der Waals surface area contributed by atoms with Crippen LogP contribution in [0, 0.1) is 6.92 Å². The molecule has 0 saturated heterocycles. The molecule has 1 aromatic carbocycles. The average Bonchev–Trinajstić information content (AvgIpc) is 3.38. The maximum absolute atomic E-state index is 12.5. The Labute approximate surface area is 153 Å². The Balaban J connectivity index is 1.63. The average molecular weight is 364 g/mol. The summed E-state index contributed by atoms with van der Waals surface area (Å²) in [6.45, 7) is 3.72. The molecule has 0 unspecified atom stereocenters. The van der Waals surface area contributed by atoms with Gasteiger partial charge in [0.1, 0.15) is 16.3 Å². The topological polar surface area (TPSA) is 72.4 Å². The first kappa shape index (κ1) is 16.3. The standard InChI is InChI=1S/C19H16N4O2S/c1-12-15-11-17(18(24)21-20-13(2)16-9-6-10-25-16)26-19(15)23(22-12)14-7-4-3-5-8-14/h3-11H,1-2H3,(H,21,24)/b20-13+. The van der Waals surface area contributed by atoms with E-state index in [4.69, 9.17) is 4.42 Å². The van der Waals surface area contributed by atoms with Crippen LogP contribution in [0.4, 0.5) is 0 Å². The summed E-state index contributed by atoms with van der Waals surface area (Å²) in [7, 11) is 0. The minimum atomic E-state index is -0.254. The Morgan fingerprint density at radius 1 is 1.23 bits per heavy atom. The van der Waals surface area contributed by atoms with Gasteiger partial charge in [-0.15, -0.1) is 11.3 Å². The van der Waals surface area contributed by atoms with E-state index in [9.17, 15) is 4.79 Å². The van der Waals surface area contributed by atoms with Crippen LogP contribution < -0.4 is 5.43 Å². The number of nitrogens with one attached hydrogen (secondary N) is 1. The number of hydrogen-bond donors (Lipinski definition) is 1. The predicted octanol–water partition coefficient (Wildman–Crippen LogP) is 4.14. The van der Waals surface area contributed by atoms with Crippen LogP contribution in [0.5, 0.6) is 0 Å². The minimum absolute atomic E-state index is 0.254. The molecule has 0 aliphatic heterocycles. The number of benzene rings is 1. The van der Waals surface area contributed by atoms with Crippen molar-refractivity contribution < 1.29 is 9.21 Å². The molecule has 3 aromatic heterocycles. The summed E-state index contributed by atoms with van der Waals surface area (Å²) in [4.78, 5) is 14.0. The van der Waals surface area contributed by atoms with E-state index in [0.717, 1.165) is 21.6 Å². The van der Waals surface area contributed by atoms with E-state index in [0.29, 0.717) is 16.3 Å². The maximum Gasteiger partial charge on any atom is 0.281 e. The van der Waals surface area contributed by atoms with E-state index >= 15 is 0 Å². The zero-order chi connectivity index (χ0) is 18.1. The molecule has 7 heteroatoms. The van der Waals surface area contributed by atoms with Crippen LogP contribution in [0.15, 0.2) is 64.3 Å². The molecule has 1 amide bonds. The van der Waals surface area contributed by atoms with Gasteiger partial charge in [-0.25, -0.2) is 10.1 Å². The third-order valence-corrected chi connectivity index (χ3v) is 5.08. The Hall–Kier alpha value is -3.19. The number of para-hydroxylation sites is 1. The van der Waals surface area contributed by atoms with Crippen molar-refractivity contribution in [1.29, 1.82) is 0 Å². The van der Waals surface area contributed by atoms with Crippen molar-refractivity contribution in [2.75, 3.05) is 0 Å². The van der Waals surface area contributed by atoms with Gasteiger partial charge >= 0.3 is 0 Å². The number of furan rings is 1. The van der Waals surface area contributed by atoms with Crippen molar-refractivity contribution >= 4 is 33.2 Å². The molecule has 6 nitrogen and oxygen atoms in total. The van der Waals surface area contributed by atoms with Crippen LogP contribution in [0.1, 0.15) is 28.0 Å². The third kappa shape index (κ3) is 2.93. The number of hydrazone groups is 1. The van der Waals surface area contributed by atoms with Gasteiger partial charge in [0.25, 0.3) is 5.91 Å². The smallest absolute Gasteiger partial charge is 0.281 e. The van der Waals surface area contributed by atoms with Crippen molar-refractivity contribution in [2.45, 2.75) is 13.8 Å². The number of nitrogens with zero attached hydrogens (tertiary/aromatic N) is 3. The predicted molar refractivity (Wildman–Crippen MR) is 102 cm³/mol. The number of aryl methyl sites for hydroxylation is 1. The Morgan fingerprint density at radius 2 is 2.04 bits per heavy atom. The number of carbonyl (C=O) groups is 1. The zero-order valence-corrected chi connectivity index (χ0v) is 15.1. The summed E-state index contributed by atoms with van der Waals surface area (Å²) in [5, 5.41) is 9.66. The van der Waals surface area contributed by atoms with Gasteiger partial charge in [-0.2, -0.15) is 10.2 Å². The molecule has 4 aromatic rings. The van der Waals surface area contributed by atoms with Crippen LogP contribution in [-0.4, -0.2) is 21.4 Å². The van der Waals surface area contributed by atoms with Crippen molar-refractivity contribution in [3.8, 4) is 5.69 Å². The van der Waals surface area contributed by atoms with Crippen molar-refractivity contribution in [2.24, 2.45) is 5.10 Å². The molecular weight excluding hydrogens is 348 g/mol. The van der Waals surface area contributed by atoms with Crippen molar-refractivity contribution in [3.05, 3.63) is 71.1 Å². The molecule has 130 valence electrons. The third-order valence-electron chi connectivity index (χ3n) is 3.97. The van der Waals surface area contributed by atoms with Gasteiger partial charge < -0.3 is 4.42 Å². The lowest BCUT2D eigenvalue weighted by Gasteiger charge is -2.01. The van der Waals surface area contributed by atoms with Crippen LogP contribution >= 0.6 is 11.3 Å². The van der Waals surface area contributed by atoms with E-state index in [1.165, 1.54) is 11.3 Å². The van der Waals surface area contributed by atoms with Gasteiger partial charge in [0, 0.05) is 5.39 Å². The summed E-state index contributed by atoms with van der Waals surface area (Å²) < 4.78 is 7.12. The van der Waals surface area contributed by atoms with E-state index in [2.05, 4.69) is 15.6 Å². The second kappa shape index (κ2) is 6.61. The van der Waals surface area contributed by atoms with Crippen LogP contribution in [0.25, 0.3) is 15.9 Å². The van der Waals surface area contributed by atoms with E-state index in [1.807, 2.05) is 48.0 Å². The number of thiophene rings is 1. The zero-order valence-electron chi connectivity index (χ0n) is 14.3. The fourth-order valence-electron chi connectivity index (χ4n) is 2.63. The molecule has 3 heterocycles. The molecule has 0 aliphatic rings. The van der Waals surface area contributed by atoms with Crippen LogP contribution in [0.3, 0.4) is 0 Å². The first-order valence-corrected chi connectivity index (χ1v) is 8.88. The molecule has 1 N–H and O–H groups in total. The van der Waals surface area contributed by atoms with Crippen molar-refractivity contribution in [3.63, 3.8) is 0 Å². The highest BCUT2D eigenvalue weighted by Crippen LogP contribution is 2.30. The fourth-order valence-corrected chi connectivity index (χ4v) is 3.71. The molecule has 0 spiro atoms. The SMILES string of the molecule is C/C(=N\NC(=O)c1cc2c(C)nn(-c3ccccc3)c2s1)c1ccco1. The first-order chi connectivity index (χ1) is 12.6. The summed E-state index contributed by atoms with van der Waals surface area (Å²) >= 11 is 1.39. The van der Waals surface area contributed by atoms with Gasteiger partial charge in [0.2, 0.25) is 0 Å². The molecule has 0 aliphatic carbocycles. The maximum atomic E-state index is 12.5. The van der Waals surface area contributed by atoms with E-state index in [-0.39, 0.29) is 5.91 Å². The number of aromatic nitrogens is 2. The van der Waals surface area contributed by atoms with Gasteiger partial charge in [-0.1, -0.05) is 18.2 Å². The molecule has 0 bridgehead atoms. The molecule has 0 atom stereocenters. The van der Waals surface area contributed by atoms with E-state index in [1.54, 1.807) is 25.3 Å². The number of rotatable bonds is 4. The Morgan fingerprint density at radius 3 is 2.77 bits per heavy atom. The van der Waals surface area contributed by atoms with Gasteiger partial charge in [-0.3, -0.25) is 4.79 Å². The largest absolute Gasteiger partial charge is 0.463 e. The minimum Gasteiger partial charge on any atom is -0.463 e. The van der Waals surface area contributed by atoms with Gasteiger partial charge in [0.15, 0.2) is 0 Å². The lowest BCUT2D eigenvalue weighted by molar-refractivity contribution is 0.0959. The summed E-state index contributed by atoms with van der Waals surface area (Å²) in [5.41, 5.74) is 5.04. The lowest BCUT2D eigenvalue weighted by atomic mass is 10.3. The Kier molecular flexibility index (Phi) is 4.14. The molecule has 0 fully saturated rings. The second-order valence-electron chi connectivity index (χ2n) is 5.78. The second-order valence-corrected chi connectivity index (χ2v) is 6.81. The molecule has 4 rings (SSSR count). The highest BCUT2D eigenvalue weighted by Gasteiger charge is 2.17. The van der Waals surface area contributed by atoms with Crippen LogP contribution in [0.2, 0.25) is 0 Å². The highest BCUT2D eigenvalue weighted by molar-refractivity contribution is 7.20. The fraction of sp³-hybridized carbons (Fsp3) is 0.105. The first-order valence-electron chi connectivity index (χ1n) is 8.06. The van der Waals surface area contributed by atoms with E-state index < -0.39 is 0 Å². The summed E-state index contributed by atoms with van der Waals surface area (Å²) in [6, 6.07) is 15.3. The van der Waals surface area contributed by atoms with Gasteiger partial charge in [0.05, 0.1) is 22.5 Å². The number of carbonyl (C=O) groups excluding carboxylic acids is 1. The van der Waals surface area contributed by atoms with Crippen LogP contribution in [-0.2, 0) is 0 Å². The summed E-state index contributed by atoms with van der Waals surface area (Å²) in [6.07, 6.45) is 1.57. The lowest BCUT2D eigenvalue weighted by Crippen LogP contribution is -2.18. The number of fused-ring (bicyclic) bond motifs is 1. The molecule has 0 saturated carbocycles. The number of amides is 1. The molecule has 26 heavy (non-hydrogen) atoms. The molecular formula is C19H16N4O2S. The normalized spacial score (nSPS) is 11.8. The highest BCUT2D eigenvalue weighted by atomic mass is 32.1.